The molecule has 0 heterocycles. The van der Waals surface area contributed by atoms with Gasteiger partial charge in [-0.05, 0) is 25.1 Å². The Morgan fingerprint density at radius 2 is 2.06 bits per heavy atom. The van der Waals surface area contributed by atoms with Gasteiger partial charge in [-0.3, -0.25) is 4.79 Å². The first kappa shape index (κ1) is 11.8. The summed E-state index contributed by atoms with van der Waals surface area (Å²) in [7, 11) is 0. The van der Waals surface area contributed by atoms with Crippen molar-refractivity contribution in [3.8, 4) is 0 Å². The Hall–Kier alpha value is -2.24. The van der Waals surface area contributed by atoms with Crippen LogP contribution in [0.25, 0.3) is 0 Å². The van der Waals surface area contributed by atoms with E-state index in [4.69, 9.17) is 16.6 Å². The molecule has 0 aliphatic rings. The van der Waals surface area contributed by atoms with E-state index in [9.17, 15) is 9.59 Å². The summed E-state index contributed by atoms with van der Waals surface area (Å²) in [5.41, 5.74) is 11.3. The van der Waals surface area contributed by atoms with Gasteiger partial charge >= 0.3 is 5.97 Å². The van der Waals surface area contributed by atoms with Crippen molar-refractivity contribution in [2.24, 2.45) is 5.73 Å². The first-order valence-electron chi connectivity index (χ1n) is 4.60. The van der Waals surface area contributed by atoms with Crippen molar-refractivity contribution in [3.63, 3.8) is 0 Å². The number of amides is 1. The molecule has 86 valence electrons. The Morgan fingerprint density at radius 3 is 2.56 bits per heavy atom. The number of rotatable bonds is 4. The number of anilines is 2. The minimum absolute atomic E-state index is 0.0438. The number of nitrogens with two attached hydrogens (primary N) is 2. The summed E-state index contributed by atoms with van der Waals surface area (Å²) in [5.74, 6) is -1.67. The maximum atomic E-state index is 10.9. The average molecular weight is 223 g/mol. The highest BCUT2D eigenvalue weighted by atomic mass is 16.4. The Labute approximate surface area is 92.2 Å². The summed E-state index contributed by atoms with van der Waals surface area (Å²) in [6.07, 6.45) is 0. The van der Waals surface area contributed by atoms with Crippen molar-refractivity contribution in [1.29, 1.82) is 0 Å². The fourth-order valence-electron chi connectivity index (χ4n) is 1.17. The van der Waals surface area contributed by atoms with E-state index in [1.54, 1.807) is 0 Å². The van der Waals surface area contributed by atoms with Crippen LogP contribution in [0.1, 0.15) is 17.3 Å². The van der Waals surface area contributed by atoms with E-state index in [-0.39, 0.29) is 11.3 Å². The number of carboxylic acids is 1. The number of primary amides is 1. The van der Waals surface area contributed by atoms with Crippen molar-refractivity contribution >= 4 is 23.3 Å². The third-order valence-corrected chi connectivity index (χ3v) is 2.07. The van der Waals surface area contributed by atoms with Crippen molar-refractivity contribution in [1.82, 2.24) is 0 Å². The molecule has 0 bridgehead atoms. The summed E-state index contributed by atoms with van der Waals surface area (Å²) in [4.78, 5) is 21.7. The maximum absolute atomic E-state index is 10.9. The number of carbonyl (C=O) groups excluding carboxylic acids is 1. The lowest BCUT2D eigenvalue weighted by Crippen LogP contribution is -2.33. The fraction of sp³-hybridized carbons (Fsp3) is 0.200. The molecule has 1 aromatic carbocycles. The molecule has 6 heteroatoms. The van der Waals surface area contributed by atoms with Gasteiger partial charge in [0.15, 0.2) is 0 Å². The standard InChI is InChI=1S/C10H13N3O3/c1-5(9(12)14)13-8-4-6(11)2-3-7(8)10(15)16/h2-5,13H,11H2,1H3,(H2,12,14)(H,15,16). The molecule has 0 saturated carbocycles. The second kappa shape index (κ2) is 4.52. The molecule has 1 aromatic rings. The summed E-state index contributed by atoms with van der Waals surface area (Å²) in [6.45, 7) is 1.54. The van der Waals surface area contributed by atoms with E-state index in [2.05, 4.69) is 5.32 Å². The van der Waals surface area contributed by atoms with Gasteiger partial charge in [-0.15, -0.1) is 0 Å². The lowest BCUT2D eigenvalue weighted by molar-refractivity contribution is -0.118. The summed E-state index contributed by atoms with van der Waals surface area (Å²) < 4.78 is 0. The molecule has 6 nitrogen and oxygen atoms in total. The molecule has 1 amide bonds. The van der Waals surface area contributed by atoms with Crippen molar-refractivity contribution in [3.05, 3.63) is 23.8 Å². The van der Waals surface area contributed by atoms with Crippen LogP contribution in [0.3, 0.4) is 0 Å². The van der Waals surface area contributed by atoms with Gasteiger partial charge in [0.2, 0.25) is 5.91 Å². The number of hydrogen-bond acceptors (Lipinski definition) is 4. The first-order chi connectivity index (χ1) is 7.41. The maximum Gasteiger partial charge on any atom is 0.337 e. The normalized spacial score (nSPS) is 11.8. The predicted molar refractivity (Wildman–Crippen MR) is 60.1 cm³/mol. The highest BCUT2D eigenvalue weighted by Gasteiger charge is 2.14. The highest BCUT2D eigenvalue weighted by Crippen LogP contribution is 2.20. The zero-order chi connectivity index (χ0) is 12.3. The molecule has 0 aromatic heterocycles. The molecule has 0 radical (unpaired) electrons. The van der Waals surface area contributed by atoms with Crippen LogP contribution >= 0.6 is 0 Å². The highest BCUT2D eigenvalue weighted by molar-refractivity contribution is 5.96. The molecular weight excluding hydrogens is 210 g/mol. The number of benzene rings is 1. The zero-order valence-electron chi connectivity index (χ0n) is 8.73. The number of nitrogens with one attached hydrogen (secondary N) is 1. The lowest BCUT2D eigenvalue weighted by atomic mass is 10.1. The molecule has 16 heavy (non-hydrogen) atoms. The van der Waals surface area contributed by atoms with E-state index < -0.39 is 17.9 Å². The largest absolute Gasteiger partial charge is 0.478 e. The molecule has 0 spiro atoms. The van der Waals surface area contributed by atoms with E-state index in [0.717, 1.165) is 0 Å². The number of hydrogen-bond donors (Lipinski definition) is 4. The topological polar surface area (TPSA) is 118 Å². The van der Waals surface area contributed by atoms with Crippen LogP contribution in [0.15, 0.2) is 18.2 Å². The molecule has 6 N–H and O–H groups in total. The van der Waals surface area contributed by atoms with Gasteiger partial charge in [-0.25, -0.2) is 4.79 Å². The number of aromatic carboxylic acids is 1. The summed E-state index contributed by atoms with van der Waals surface area (Å²) in [6, 6.07) is 3.63. The van der Waals surface area contributed by atoms with Crippen LogP contribution in [0.5, 0.6) is 0 Å². The van der Waals surface area contributed by atoms with Gasteiger partial charge < -0.3 is 21.9 Å². The first-order valence-corrected chi connectivity index (χ1v) is 4.60. The van der Waals surface area contributed by atoms with Gasteiger partial charge in [0.05, 0.1) is 11.3 Å². The monoisotopic (exact) mass is 223 g/mol. The van der Waals surface area contributed by atoms with Crippen LogP contribution in [-0.4, -0.2) is 23.0 Å². The van der Waals surface area contributed by atoms with Crippen molar-refractivity contribution in [2.45, 2.75) is 13.0 Å². The third-order valence-electron chi connectivity index (χ3n) is 2.07. The molecule has 1 atom stereocenters. The minimum atomic E-state index is -1.10. The van der Waals surface area contributed by atoms with E-state index in [0.29, 0.717) is 5.69 Å². The molecule has 0 aliphatic carbocycles. The van der Waals surface area contributed by atoms with E-state index in [1.165, 1.54) is 25.1 Å². The smallest absolute Gasteiger partial charge is 0.337 e. The van der Waals surface area contributed by atoms with Gasteiger partial charge in [0.1, 0.15) is 6.04 Å². The zero-order valence-corrected chi connectivity index (χ0v) is 8.73. The van der Waals surface area contributed by atoms with Crippen molar-refractivity contribution in [2.75, 3.05) is 11.1 Å². The van der Waals surface area contributed by atoms with E-state index in [1.807, 2.05) is 0 Å². The average Bonchev–Trinajstić information content (AvgIpc) is 2.16. The molecule has 0 fully saturated rings. The third kappa shape index (κ3) is 2.63. The Kier molecular flexibility index (Phi) is 3.34. The molecule has 1 rings (SSSR count). The molecule has 0 saturated heterocycles. The molecular formula is C10H13N3O3. The SMILES string of the molecule is CC(Nc1cc(N)ccc1C(=O)O)C(N)=O. The second-order valence-corrected chi connectivity index (χ2v) is 3.38. The van der Waals surface area contributed by atoms with Gasteiger partial charge in [-0.1, -0.05) is 0 Å². The van der Waals surface area contributed by atoms with Crippen LogP contribution in [0.4, 0.5) is 11.4 Å². The fourth-order valence-corrected chi connectivity index (χ4v) is 1.17. The summed E-state index contributed by atoms with van der Waals surface area (Å²) in [5, 5.41) is 11.6. The molecule has 0 aliphatic heterocycles. The Bertz CT molecular complexity index is 431. The predicted octanol–water partition coefficient (Wildman–Crippen LogP) is 0.253. The number of carboxylic acid groups (broad SMARTS) is 1. The van der Waals surface area contributed by atoms with Crippen LogP contribution in [0, 0.1) is 0 Å². The van der Waals surface area contributed by atoms with E-state index >= 15 is 0 Å². The van der Waals surface area contributed by atoms with Gasteiger partial charge in [0, 0.05) is 5.69 Å². The van der Waals surface area contributed by atoms with Gasteiger partial charge in [0.25, 0.3) is 0 Å². The Morgan fingerprint density at radius 1 is 1.44 bits per heavy atom. The van der Waals surface area contributed by atoms with Gasteiger partial charge in [-0.2, -0.15) is 0 Å². The van der Waals surface area contributed by atoms with Crippen molar-refractivity contribution < 1.29 is 14.7 Å². The van der Waals surface area contributed by atoms with Crippen LogP contribution in [-0.2, 0) is 4.79 Å². The quantitative estimate of drug-likeness (QED) is 0.546. The minimum Gasteiger partial charge on any atom is -0.478 e. The van der Waals surface area contributed by atoms with Crippen LogP contribution in [0.2, 0.25) is 0 Å². The number of nitrogen functional groups attached to an aromatic ring is 1. The lowest BCUT2D eigenvalue weighted by Gasteiger charge is -2.14. The van der Waals surface area contributed by atoms with Crippen LogP contribution < -0.4 is 16.8 Å². The second-order valence-electron chi connectivity index (χ2n) is 3.38. The number of carbonyl (C=O) groups is 2. The Balaban J connectivity index is 3.05. The summed E-state index contributed by atoms with van der Waals surface area (Å²) >= 11 is 0. The molecule has 1 unspecified atom stereocenters.